The number of nitrogens with zero attached hydrogens (tertiary/aromatic N) is 2. The van der Waals surface area contributed by atoms with Gasteiger partial charge in [0.05, 0.1) is 6.61 Å². The fraction of sp³-hybridized carbons (Fsp3) is 0.857. The van der Waals surface area contributed by atoms with Crippen molar-refractivity contribution >= 4 is 11.7 Å². The van der Waals surface area contributed by atoms with Gasteiger partial charge in [-0.05, 0) is 19.4 Å². The van der Waals surface area contributed by atoms with Gasteiger partial charge in [-0.1, -0.05) is 0 Å². The number of ketones is 1. The number of carbonyl (C=O) groups is 2. The molecule has 1 atom stereocenters. The topological polar surface area (TPSA) is 49.9 Å². The maximum absolute atomic E-state index is 12.1. The molecule has 0 aromatic rings. The number of hydrogen-bond acceptors (Lipinski definition) is 4. The maximum atomic E-state index is 12.1. The van der Waals surface area contributed by atoms with Crippen molar-refractivity contribution in [3.8, 4) is 0 Å². The molecule has 0 aliphatic carbocycles. The number of ether oxygens (including phenoxy) is 1. The van der Waals surface area contributed by atoms with Gasteiger partial charge in [0.25, 0.3) is 0 Å². The van der Waals surface area contributed by atoms with Crippen LogP contribution in [0.2, 0.25) is 0 Å². The fourth-order valence-electron chi connectivity index (χ4n) is 2.97. The first kappa shape index (κ1) is 14.5. The Morgan fingerprint density at radius 1 is 1.32 bits per heavy atom. The smallest absolute Gasteiger partial charge is 0.223 e. The summed E-state index contributed by atoms with van der Waals surface area (Å²) in [6.07, 6.45) is 3.98. The molecule has 0 N–H and O–H groups in total. The zero-order valence-electron chi connectivity index (χ0n) is 11.8. The summed E-state index contributed by atoms with van der Waals surface area (Å²) < 4.78 is 5.22. The third kappa shape index (κ3) is 4.01. The van der Waals surface area contributed by atoms with Crippen LogP contribution in [0.15, 0.2) is 0 Å². The van der Waals surface area contributed by atoms with Crippen molar-refractivity contribution < 1.29 is 14.3 Å². The number of amides is 1. The quantitative estimate of drug-likeness (QED) is 0.736. The van der Waals surface area contributed by atoms with Crippen molar-refractivity contribution in [2.75, 3.05) is 39.9 Å². The summed E-state index contributed by atoms with van der Waals surface area (Å²) in [7, 11) is 1.73. The molecule has 2 fully saturated rings. The van der Waals surface area contributed by atoms with Crippen LogP contribution in [0.1, 0.15) is 32.1 Å². The molecule has 2 heterocycles. The SMILES string of the molecule is COC[C@@H]1CCCN1CCC(=O)N1CCC(=O)CC1. The Morgan fingerprint density at radius 3 is 2.74 bits per heavy atom. The van der Waals surface area contributed by atoms with E-state index in [2.05, 4.69) is 4.90 Å². The minimum absolute atomic E-state index is 0.190. The summed E-state index contributed by atoms with van der Waals surface area (Å²) in [4.78, 5) is 27.4. The van der Waals surface area contributed by atoms with E-state index in [0.29, 0.717) is 38.4 Å². The van der Waals surface area contributed by atoms with Crippen molar-refractivity contribution in [3.63, 3.8) is 0 Å². The molecule has 2 rings (SSSR count). The molecular weight excluding hydrogens is 244 g/mol. The number of piperidine rings is 1. The van der Waals surface area contributed by atoms with Crippen LogP contribution in [0.25, 0.3) is 0 Å². The highest BCUT2D eigenvalue weighted by atomic mass is 16.5. The van der Waals surface area contributed by atoms with Crippen molar-refractivity contribution in [1.82, 2.24) is 9.80 Å². The van der Waals surface area contributed by atoms with Crippen LogP contribution in [-0.2, 0) is 14.3 Å². The molecule has 1 amide bonds. The predicted octanol–water partition coefficient (Wildman–Crippen LogP) is 0.679. The van der Waals surface area contributed by atoms with Gasteiger partial charge < -0.3 is 9.64 Å². The third-order valence-electron chi connectivity index (χ3n) is 4.14. The number of methoxy groups -OCH3 is 1. The summed E-state index contributed by atoms with van der Waals surface area (Å²) in [5.74, 6) is 0.472. The average Bonchev–Trinajstić information content (AvgIpc) is 2.85. The molecule has 19 heavy (non-hydrogen) atoms. The van der Waals surface area contributed by atoms with Crippen LogP contribution in [0.5, 0.6) is 0 Å². The molecule has 0 spiro atoms. The van der Waals surface area contributed by atoms with Gasteiger partial charge in [-0.15, -0.1) is 0 Å². The summed E-state index contributed by atoms with van der Waals surface area (Å²) in [5.41, 5.74) is 0. The first-order valence-corrected chi connectivity index (χ1v) is 7.23. The summed E-state index contributed by atoms with van der Waals surface area (Å²) in [6.45, 7) is 3.86. The Labute approximate surface area is 114 Å². The molecule has 0 saturated carbocycles. The van der Waals surface area contributed by atoms with Gasteiger partial charge in [0.2, 0.25) is 5.91 Å². The van der Waals surface area contributed by atoms with Crippen molar-refractivity contribution in [1.29, 1.82) is 0 Å². The van der Waals surface area contributed by atoms with Crippen LogP contribution < -0.4 is 0 Å². The molecule has 5 heteroatoms. The maximum Gasteiger partial charge on any atom is 0.223 e. The van der Waals surface area contributed by atoms with E-state index in [9.17, 15) is 9.59 Å². The Kier molecular flexibility index (Phi) is 5.34. The second-order valence-corrected chi connectivity index (χ2v) is 5.46. The highest BCUT2D eigenvalue weighted by molar-refractivity contribution is 5.83. The number of Topliss-reactive ketones (excluding diaryl/α,β-unsaturated/α-hetero) is 1. The standard InChI is InChI=1S/C14H24N2O3/c1-19-11-12-3-2-7-15(12)10-6-14(18)16-8-4-13(17)5-9-16/h12H,2-11H2,1H3/t12-/m0/s1. The molecule has 0 aromatic heterocycles. The summed E-state index contributed by atoms with van der Waals surface area (Å²) >= 11 is 0. The lowest BCUT2D eigenvalue weighted by atomic mass is 10.1. The molecule has 0 radical (unpaired) electrons. The van der Waals surface area contributed by atoms with E-state index in [1.165, 1.54) is 12.8 Å². The molecule has 0 bridgehead atoms. The first-order valence-electron chi connectivity index (χ1n) is 7.23. The van der Waals surface area contributed by atoms with E-state index < -0.39 is 0 Å². The van der Waals surface area contributed by atoms with Crippen LogP contribution >= 0.6 is 0 Å². The highest BCUT2D eigenvalue weighted by Gasteiger charge is 2.26. The van der Waals surface area contributed by atoms with Crippen LogP contribution in [0.4, 0.5) is 0 Å². The minimum Gasteiger partial charge on any atom is -0.383 e. The van der Waals surface area contributed by atoms with Crippen molar-refractivity contribution in [2.45, 2.75) is 38.1 Å². The zero-order chi connectivity index (χ0) is 13.7. The second kappa shape index (κ2) is 7.01. The molecular formula is C14H24N2O3. The van der Waals surface area contributed by atoms with E-state index in [1.807, 2.05) is 4.90 Å². The molecule has 108 valence electrons. The predicted molar refractivity (Wildman–Crippen MR) is 71.9 cm³/mol. The Balaban J connectivity index is 1.72. The number of hydrogen-bond donors (Lipinski definition) is 0. The van der Waals surface area contributed by atoms with Gasteiger partial charge in [-0.2, -0.15) is 0 Å². The van der Waals surface area contributed by atoms with E-state index in [4.69, 9.17) is 4.74 Å². The van der Waals surface area contributed by atoms with E-state index in [1.54, 1.807) is 7.11 Å². The molecule has 2 aliphatic heterocycles. The fourth-order valence-corrected chi connectivity index (χ4v) is 2.97. The lowest BCUT2D eigenvalue weighted by Gasteiger charge is -2.28. The lowest BCUT2D eigenvalue weighted by molar-refractivity contribution is -0.134. The molecule has 5 nitrogen and oxygen atoms in total. The zero-order valence-corrected chi connectivity index (χ0v) is 11.8. The molecule has 0 unspecified atom stereocenters. The van der Waals surface area contributed by atoms with Gasteiger partial charge in [0.1, 0.15) is 5.78 Å². The van der Waals surface area contributed by atoms with Gasteiger partial charge in [-0.25, -0.2) is 0 Å². The molecule has 2 aliphatic rings. The summed E-state index contributed by atoms with van der Waals surface area (Å²) in [5, 5.41) is 0. The van der Waals surface area contributed by atoms with Crippen LogP contribution in [0, 0.1) is 0 Å². The Morgan fingerprint density at radius 2 is 2.05 bits per heavy atom. The molecule has 0 aromatic carbocycles. The monoisotopic (exact) mass is 268 g/mol. The third-order valence-corrected chi connectivity index (χ3v) is 4.14. The Bertz CT molecular complexity index is 323. The number of likely N-dealkylation sites (tertiary alicyclic amines) is 2. The summed E-state index contributed by atoms with van der Waals surface area (Å²) in [6, 6.07) is 0.473. The Hall–Kier alpha value is -0.940. The van der Waals surface area contributed by atoms with E-state index in [-0.39, 0.29) is 11.7 Å². The van der Waals surface area contributed by atoms with E-state index >= 15 is 0 Å². The second-order valence-electron chi connectivity index (χ2n) is 5.46. The van der Waals surface area contributed by atoms with Gasteiger partial charge in [-0.3, -0.25) is 14.5 Å². The lowest BCUT2D eigenvalue weighted by Crippen LogP contribution is -2.41. The highest BCUT2D eigenvalue weighted by Crippen LogP contribution is 2.18. The van der Waals surface area contributed by atoms with Crippen molar-refractivity contribution in [3.05, 3.63) is 0 Å². The first-order chi connectivity index (χ1) is 9.20. The van der Waals surface area contributed by atoms with E-state index in [0.717, 1.165) is 19.7 Å². The largest absolute Gasteiger partial charge is 0.383 e. The number of rotatable bonds is 5. The van der Waals surface area contributed by atoms with Crippen molar-refractivity contribution in [2.24, 2.45) is 0 Å². The van der Waals surface area contributed by atoms with Gasteiger partial charge in [0, 0.05) is 52.0 Å². The molecule has 2 saturated heterocycles. The van der Waals surface area contributed by atoms with Crippen LogP contribution in [-0.4, -0.2) is 67.4 Å². The van der Waals surface area contributed by atoms with Gasteiger partial charge >= 0.3 is 0 Å². The number of carbonyl (C=O) groups excluding carboxylic acids is 2. The average molecular weight is 268 g/mol. The van der Waals surface area contributed by atoms with Crippen LogP contribution in [0.3, 0.4) is 0 Å². The minimum atomic E-state index is 0.190. The van der Waals surface area contributed by atoms with Gasteiger partial charge in [0.15, 0.2) is 0 Å². The normalized spacial score (nSPS) is 25.0.